The first-order valence-electron chi connectivity index (χ1n) is 5.40. The van der Waals surface area contributed by atoms with Crippen LogP contribution >= 0.6 is 0 Å². The summed E-state index contributed by atoms with van der Waals surface area (Å²) in [6.45, 7) is 4.11. The maximum atomic E-state index is 5.85. The van der Waals surface area contributed by atoms with Crippen LogP contribution in [0.5, 0.6) is 0 Å². The molecule has 0 spiro atoms. The molecule has 0 saturated heterocycles. The molecular formula is C12H18N2. The monoisotopic (exact) mass is 190 g/mol. The van der Waals surface area contributed by atoms with Crippen LogP contribution in [0.15, 0.2) is 18.2 Å². The van der Waals surface area contributed by atoms with E-state index < -0.39 is 0 Å². The minimum absolute atomic E-state index is 0.902. The van der Waals surface area contributed by atoms with Gasteiger partial charge in [0.15, 0.2) is 0 Å². The van der Waals surface area contributed by atoms with Gasteiger partial charge in [-0.05, 0) is 36.0 Å². The van der Waals surface area contributed by atoms with Crippen molar-refractivity contribution >= 4 is 0 Å². The summed E-state index contributed by atoms with van der Waals surface area (Å²) in [6, 6.07) is 6.80. The highest BCUT2D eigenvalue weighted by Gasteiger charge is 2.11. The zero-order chi connectivity index (χ0) is 9.97. The van der Waals surface area contributed by atoms with Crippen molar-refractivity contribution in [2.24, 2.45) is 5.84 Å². The van der Waals surface area contributed by atoms with Gasteiger partial charge in [-0.3, -0.25) is 5.84 Å². The number of rotatable bonds is 1. The van der Waals surface area contributed by atoms with E-state index >= 15 is 0 Å². The van der Waals surface area contributed by atoms with E-state index in [4.69, 9.17) is 5.84 Å². The largest absolute Gasteiger partial charge is 0.268 e. The quantitative estimate of drug-likeness (QED) is 0.685. The highest BCUT2D eigenvalue weighted by atomic mass is 15.4. The second-order valence-electron chi connectivity index (χ2n) is 4.03. The van der Waals surface area contributed by atoms with Gasteiger partial charge >= 0.3 is 0 Å². The Morgan fingerprint density at radius 1 is 1.36 bits per heavy atom. The number of fused-ring (bicyclic) bond motifs is 1. The van der Waals surface area contributed by atoms with Gasteiger partial charge in [-0.2, -0.15) is 0 Å². The molecule has 2 N–H and O–H groups in total. The molecule has 1 heterocycles. The molecule has 14 heavy (non-hydrogen) atoms. The smallest absolute Gasteiger partial charge is 0.0382 e. The van der Waals surface area contributed by atoms with Gasteiger partial charge in [0.05, 0.1) is 0 Å². The van der Waals surface area contributed by atoms with Crippen LogP contribution < -0.4 is 5.84 Å². The average Bonchev–Trinajstić information content (AvgIpc) is 2.37. The predicted molar refractivity (Wildman–Crippen MR) is 58.7 cm³/mol. The van der Waals surface area contributed by atoms with Gasteiger partial charge < -0.3 is 0 Å². The summed E-state index contributed by atoms with van der Waals surface area (Å²) in [6.07, 6.45) is 3.48. The molecule has 0 saturated carbocycles. The fraction of sp³-hybridized carbons (Fsp3) is 0.500. The van der Waals surface area contributed by atoms with E-state index in [9.17, 15) is 0 Å². The molecule has 1 aliphatic heterocycles. The minimum atomic E-state index is 0.902. The maximum absolute atomic E-state index is 5.85. The molecule has 0 amide bonds. The summed E-state index contributed by atoms with van der Waals surface area (Å²) in [5.74, 6) is 5.85. The van der Waals surface area contributed by atoms with Crippen molar-refractivity contribution in [2.45, 2.75) is 32.7 Å². The molecular weight excluding hydrogens is 172 g/mol. The second-order valence-corrected chi connectivity index (χ2v) is 4.03. The Labute approximate surface area is 85.7 Å². The Hall–Kier alpha value is -0.860. The van der Waals surface area contributed by atoms with Gasteiger partial charge in [-0.15, -0.1) is 0 Å². The first-order valence-corrected chi connectivity index (χ1v) is 5.40. The van der Waals surface area contributed by atoms with Crippen LogP contribution in [-0.2, 0) is 19.4 Å². The summed E-state index contributed by atoms with van der Waals surface area (Å²) in [7, 11) is 0. The number of hydrogen-bond donors (Lipinski definition) is 1. The third-order valence-corrected chi connectivity index (χ3v) is 2.94. The van der Waals surface area contributed by atoms with Gasteiger partial charge in [0.25, 0.3) is 0 Å². The SMILES string of the molecule is CCc1ccc2c(c1)CCCN(N)C2. The van der Waals surface area contributed by atoms with Crippen molar-refractivity contribution in [3.05, 3.63) is 34.9 Å². The first-order chi connectivity index (χ1) is 6.79. The van der Waals surface area contributed by atoms with Crippen LogP contribution in [0.25, 0.3) is 0 Å². The van der Waals surface area contributed by atoms with Gasteiger partial charge in [0.2, 0.25) is 0 Å². The number of aryl methyl sites for hydroxylation is 2. The molecule has 0 aromatic heterocycles. The molecule has 2 heteroatoms. The van der Waals surface area contributed by atoms with Gasteiger partial charge in [0, 0.05) is 13.1 Å². The molecule has 0 unspecified atom stereocenters. The summed E-state index contributed by atoms with van der Waals surface area (Å²) in [5, 5.41) is 1.91. The third kappa shape index (κ3) is 1.97. The molecule has 2 rings (SSSR count). The number of nitrogens with two attached hydrogens (primary N) is 1. The lowest BCUT2D eigenvalue weighted by atomic mass is 10.00. The second kappa shape index (κ2) is 4.11. The Bertz CT molecular complexity index is 320. The molecule has 0 atom stereocenters. The zero-order valence-electron chi connectivity index (χ0n) is 8.79. The topological polar surface area (TPSA) is 29.3 Å². The average molecular weight is 190 g/mol. The normalized spacial score (nSPS) is 17.6. The standard InChI is InChI=1S/C12H18N2/c1-2-10-5-6-12-9-14(13)7-3-4-11(12)8-10/h5-6,8H,2-4,7,9,13H2,1H3. The molecule has 1 aromatic rings. The minimum Gasteiger partial charge on any atom is -0.268 e. The Morgan fingerprint density at radius 3 is 3.00 bits per heavy atom. The number of hydrazine groups is 1. The Morgan fingerprint density at radius 2 is 2.21 bits per heavy atom. The van der Waals surface area contributed by atoms with E-state index in [-0.39, 0.29) is 0 Å². The van der Waals surface area contributed by atoms with E-state index in [0.29, 0.717) is 0 Å². The molecule has 2 nitrogen and oxygen atoms in total. The maximum Gasteiger partial charge on any atom is 0.0382 e. The van der Waals surface area contributed by atoms with Crippen LogP contribution in [0, 0.1) is 0 Å². The van der Waals surface area contributed by atoms with Crippen LogP contribution in [0.2, 0.25) is 0 Å². The highest BCUT2D eigenvalue weighted by molar-refractivity contribution is 5.32. The fourth-order valence-corrected chi connectivity index (χ4v) is 2.06. The summed E-state index contributed by atoms with van der Waals surface area (Å²) >= 11 is 0. The van der Waals surface area contributed by atoms with Crippen molar-refractivity contribution < 1.29 is 0 Å². The number of nitrogens with zero attached hydrogens (tertiary/aromatic N) is 1. The lowest BCUT2D eigenvalue weighted by Gasteiger charge is -2.13. The molecule has 0 bridgehead atoms. The molecule has 1 aromatic carbocycles. The van der Waals surface area contributed by atoms with Crippen LogP contribution in [0.3, 0.4) is 0 Å². The Kier molecular flexibility index (Phi) is 2.85. The summed E-state index contributed by atoms with van der Waals surface area (Å²) in [5.41, 5.74) is 4.34. The predicted octanol–water partition coefficient (Wildman–Crippen LogP) is 1.87. The van der Waals surface area contributed by atoms with Crippen LogP contribution in [-0.4, -0.2) is 11.6 Å². The van der Waals surface area contributed by atoms with Crippen LogP contribution in [0.1, 0.15) is 30.0 Å². The zero-order valence-corrected chi connectivity index (χ0v) is 8.79. The molecule has 0 aliphatic carbocycles. The van der Waals surface area contributed by atoms with Crippen molar-refractivity contribution in [1.29, 1.82) is 0 Å². The highest BCUT2D eigenvalue weighted by Crippen LogP contribution is 2.18. The van der Waals surface area contributed by atoms with E-state index in [0.717, 1.165) is 19.5 Å². The lowest BCUT2D eigenvalue weighted by Crippen LogP contribution is -2.30. The molecule has 0 radical (unpaired) electrons. The van der Waals surface area contributed by atoms with Gasteiger partial charge in [-0.1, -0.05) is 25.1 Å². The van der Waals surface area contributed by atoms with E-state index in [1.54, 1.807) is 0 Å². The van der Waals surface area contributed by atoms with E-state index in [1.807, 2.05) is 5.01 Å². The number of benzene rings is 1. The van der Waals surface area contributed by atoms with Crippen molar-refractivity contribution in [1.82, 2.24) is 5.01 Å². The van der Waals surface area contributed by atoms with Gasteiger partial charge in [0.1, 0.15) is 0 Å². The Balaban J connectivity index is 2.31. The van der Waals surface area contributed by atoms with Gasteiger partial charge in [-0.25, -0.2) is 5.01 Å². The van der Waals surface area contributed by atoms with Crippen molar-refractivity contribution in [3.63, 3.8) is 0 Å². The lowest BCUT2D eigenvalue weighted by molar-refractivity contribution is 0.279. The van der Waals surface area contributed by atoms with Crippen LogP contribution in [0.4, 0.5) is 0 Å². The van der Waals surface area contributed by atoms with Crippen molar-refractivity contribution in [2.75, 3.05) is 6.54 Å². The summed E-state index contributed by atoms with van der Waals surface area (Å²) in [4.78, 5) is 0. The number of hydrogen-bond acceptors (Lipinski definition) is 2. The molecule has 1 aliphatic rings. The molecule has 76 valence electrons. The van der Waals surface area contributed by atoms with E-state index in [1.165, 1.54) is 29.5 Å². The first kappa shape index (κ1) is 9.69. The third-order valence-electron chi connectivity index (χ3n) is 2.94. The summed E-state index contributed by atoms with van der Waals surface area (Å²) < 4.78 is 0. The fourth-order valence-electron chi connectivity index (χ4n) is 2.06. The van der Waals surface area contributed by atoms with E-state index in [2.05, 4.69) is 25.1 Å². The van der Waals surface area contributed by atoms with Crippen molar-refractivity contribution in [3.8, 4) is 0 Å². The molecule has 0 fully saturated rings.